The highest BCUT2D eigenvalue weighted by atomic mass is 32.1. The summed E-state index contributed by atoms with van der Waals surface area (Å²) in [6.07, 6.45) is 1.94. The van der Waals surface area contributed by atoms with Crippen molar-refractivity contribution in [3.8, 4) is 16.7 Å². The summed E-state index contributed by atoms with van der Waals surface area (Å²) in [7, 11) is 0. The number of nitrogens with zero attached hydrogens (tertiary/aromatic N) is 2. The van der Waals surface area contributed by atoms with Crippen LogP contribution < -0.4 is 4.74 Å². The lowest BCUT2D eigenvalue weighted by molar-refractivity contribution is 0.111. The number of hydrogen-bond donors (Lipinski definition) is 1. The molecule has 0 radical (unpaired) electrons. The zero-order valence-electron chi connectivity index (χ0n) is 9.61. The number of ether oxygens (including phenoxy) is 1. The zero-order valence-corrected chi connectivity index (χ0v) is 10.4. The first-order chi connectivity index (χ1) is 9.28. The van der Waals surface area contributed by atoms with Gasteiger partial charge < -0.3 is 9.84 Å². The highest BCUT2D eigenvalue weighted by Gasteiger charge is 2.13. The van der Waals surface area contributed by atoms with Gasteiger partial charge >= 0.3 is 0 Å². The van der Waals surface area contributed by atoms with Gasteiger partial charge in [0.15, 0.2) is 12.0 Å². The van der Waals surface area contributed by atoms with E-state index in [9.17, 15) is 9.90 Å². The largest absolute Gasteiger partial charge is 0.504 e. The smallest absolute Gasteiger partial charge is 0.280 e. The van der Waals surface area contributed by atoms with Crippen molar-refractivity contribution in [1.82, 2.24) is 9.97 Å². The molecule has 0 atom stereocenters. The van der Waals surface area contributed by atoms with Gasteiger partial charge in [0.2, 0.25) is 0 Å². The van der Waals surface area contributed by atoms with Crippen molar-refractivity contribution in [1.29, 1.82) is 0 Å². The van der Waals surface area contributed by atoms with Gasteiger partial charge in [0.25, 0.3) is 5.19 Å². The summed E-state index contributed by atoms with van der Waals surface area (Å²) in [5.41, 5.74) is 0.501. The molecule has 0 unspecified atom stereocenters. The topological polar surface area (TPSA) is 72.3 Å². The molecular formula is C13H8N2O3S. The molecule has 3 rings (SSSR count). The number of carbonyl (C=O) groups is 1. The number of thiazole rings is 1. The van der Waals surface area contributed by atoms with E-state index in [1.807, 2.05) is 18.2 Å². The summed E-state index contributed by atoms with van der Waals surface area (Å²) < 4.78 is 6.06. The van der Waals surface area contributed by atoms with E-state index >= 15 is 0 Å². The van der Waals surface area contributed by atoms with E-state index in [0.29, 0.717) is 27.4 Å². The van der Waals surface area contributed by atoms with E-state index in [1.165, 1.54) is 17.5 Å². The van der Waals surface area contributed by atoms with Gasteiger partial charge in [-0.05, 0) is 12.1 Å². The van der Waals surface area contributed by atoms with Crippen molar-refractivity contribution in [2.24, 2.45) is 0 Å². The molecular weight excluding hydrogens is 264 g/mol. The first-order valence-electron chi connectivity index (χ1n) is 5.44. The van der Waals surface area contributed by atoms with E-state index in [-0.39, 0.29) is 11.4 Å². The SMILES string of the molecule is O=Cc1ncc2nc(Oc3ccccc3)sc2c1O. The van der Waals surface area contributed by atoms with Crippen LogP contribution in [-0.2, 0) is 0 Å². The fourth-order valence-corrected chi connectivity index (χ4v) is 2.46. The molecule has 0 bridgehead atoms. The minimum atomic E-state index is -0.159. The third-order valence-electron chi connectivity index (χ3n) is 2.48. The van der Waals surface area contributed by atoms with E-state index in [4.69, 9.17) is 4.74 Å². The van der Waals surface area contributed by atoms with Gasteiger partial charge in [-0.1, -0.05) is 29.5 Å². The van der Waals surface area contributed by atoms with E-state index < -0.39 is 0 Å². The molecule has 94 valence electrons. The van der Waals surface area contributed by atoms with E-state index in [1.54, 1.807) is 12.1 Å². The summed E-state index contributed by atoms with van der Waals surface area (Å²) in [5, 5.41) is 10.2. The van der Waals surface area contributed by atoms with Crippen LogP contribution in [0.1, 0.15) is 10.5 Å². The maximum Gasteiger partial charge on any atom is 0.280 e. The van der Waals surface area contributed by atoms with Gasteiger partial charge in [0.1, 0.15) is 21.7 Å². The molecule has 2 heterocycles. The van der Waals surface area contributed by atoms with Crippen LogP contribution in [0.25, 0.3) is 10.2 Å². The molecule has 1 aromatic carbocycles. The number of benzene rings is 1. The number of aldehydes is 1. The fraction of sp³-hybridized carbons (Fsp3) is 0. The van der Waals surface area contributed by atoms with Gasteiger partial charge in [0, 0.05) is 0 Å². The Kier molecular flexibility index (Phi) is 2.85. The quantitative estimate of drug-likeness (QED) is 0.742. The van der Waals surface area contributed by atoms with E-state index in [0.717, 1.165) is 0 Å². The number of aromatic hydroxyl groups is 1. The number of rotatable bonds is 3. The van der Waals surface area contributed by atoms with Crippen molar-refractivity contribution >= 4 is 27.8 Å². The highest BCUT2D eigenvalue weighted by molar-refractivity contribution is 7.20. The zero-order chi connectivity index (χ0) is 13.2. The Morgan fingerprint density at radius 3 is 2.79 bits per heavy atom. The fourth-order valence-electron chi connectivity index (χ4n) is 1.60. The summed E-state index contributed by atoms with van der Waals surface area (Å²) in [6, 6.07) is 9.21. The molecule has 0 aliphatic carbocycles. The monoisotopic (exact) mass is 272 g/mol. The number of para-hydroxylation sites is 1. The average molecular weight is 272 g/mol. The predicted octanol–water partition coefficient (Wildman–Crippen LogP) is 3.00. The van der Waals surface area contributed by atoms with Crippen LogP contribution in [0.4, 0.5) is 0 Å². The molecule has 19 heavy (non-hydrogen) atoms. The molecule has 2 aromatic heterocycles. The minimum Gasteiger partial charge on any atom is -0.504 e. The molecule has 0 spiro atoms. The summed E-state index contributed by atoms with van der Waals surface area (Å²) in [4.78, 5) is 18.7. The molecule has 5 nitrogen and oxygen atoms in total. The third-order valence-corrected chi connectivity index (χ3v) is 3.43. The molecule has 6 heteroatoms. The lowest BCUT2D eigenvalue weighted by Crippen LogP contribution is -1.86. The molecule has 1 N–H and O–H groups in total. The molecule has 0 aliphatic heterocycles. The lowest BCUT2D eigenvalue weighted by atomic mass is 10.3. The molecule has 0 saturated heterocycles. The number of carbonyl (C=O) groups excluding carboxylic acids is 1. The van der Waals surface area contributed by atoms with Crippen molar-refractivity contribution in [3.05, 3.63) is 42.2 Å². The van der Waals surface area contributed by atoms with Gasteiger partial charge in [-0.2, -0.15) is 0 Å². The van der Waals surface area contributed by atoms with Crippen LogP contribution in [0, 0.1) is 0 Å². The van der Waals surface area contributed by atoms with Gasteiger partial charge in [-0.15, -0.1) is 0 Å². The first kappa shape index (κ1) is 11.6. The maximum absolute atomic E-state index is 10.7. The minimum absolute atomic E-state index is 0.00223. The van der Waals surface area contributed by atoms with Crippen LogP contribution in [0.2, 0.25) is 0 Å². The first-order valence-corrected chi connectivity index (χ1v) is 6.26. The van der Waals surface area contributed by atoms with Crippen LogP contribution in [-0.4, -0.2) is 21.4 Å². The number of aromatic nitrogens is 2. The highest BCUT2D eigenvalue weighted by Crippen LogP contribution is 2.36. The number of hydrogen-bond acceptors (Lipinski definition) is 6. The second-order valence-electron chi connectivity index (χ2n) is 3.72. The van der Waals surface area contributed by atoms with Crippen molar-refractivity contribution in [2.45, 2.75) is 0 Å². The van der Waals surface area contributed by atoms with Crippen LogP contribution in [0.3, 0.4) is 0 Å². The predicted molar refractivity (Wildman–Crippen MR) is 71.0 cm³/mol. The van der Waals surface area contributed by atoms with Crippen LogP contribution in [0.5, 0.6) is 16.7 Å². The number of pyridine rings is 1. The Labute approximate surface area is 112 Å². The summed E-state index contributed by atoms with van der Waals surface area (Å²) >= 11 is 1.17. The van der Waals surface area contributed by atoms with Crippen molar-refractivity contribution < 1.29 is 14.6 Å². The van der Waals surface area contributed by atoms with Gasteiger partial charge in [0.05, 0.1) is 6.20 Å². The second-order valence-corrected chi connectivity index (χ2v) is 4.68. The Hall–Kier alpha value is -2.47. The van der Waals surface area contributed by atoms with E-state index in [2.05, 4.69) is 9.97 Å². The second kappa shape index (κ2) is 4.66. The van der Waals surface area contributed by atoms with Gasteiger partial charge in [-0.25, -0.2) is 9.97 Å². The normalized spacial score (nSPS) is 10.5. The summed E-state index contributed by atoms with van der Waals surface area (Å²) in [6.45, 7) is 0. The molecule has 0 aliphatic rings. The third kappa shape index (κ3) is 2.13. The lowest BCUT2D eigenvalue weighted by Gasteiger charge is -1.98. The Morgan fingerprint density at radius 2 is 2.05 bits per heavy atom. The van der Waals surface area contributed by atoms with Crippen LogP contribution >= 0.6 is 11.3 Å². The molecule has 0 fully saturated rings. The Balaban J connectivity index is 2.02. The Bertz CT molecular complexity index is 740. The summed E-state index contributed by atoms with van der Waals surface area (Å²) in [5.74, 6) is 0.498. The molecule has 0 saturated carbocycles. The number of fused-ring (bicyclic) bond motifs is 1. The molecule has 0 amide bonds. The standard InChI is InChI=1S/C13H8N2O3S/c16-7-10-11(17)12-9(6-14-10)15-13(19-12)18-8-4-2-1-3-5-8/h1-7,17H. The Morgan fingerprint density at radius 1 is 1.26 bits per heavy atom. The molecule has 3 aromatic rings. The van der Waals surface area contributed by atoms with Crippen molar-refractivity contribution in [3.63, 3.8) is 0 Å². The average Bonchev–Trinajstić information content (AvgIpc) is 2.84. The van der Waals surface area contributed by atoms with Crippen LogP contribution in [0.15, 0.2) is 36.5 Å². The maximum atomic E-state index is 10.7. The van der Waals surface area contributed by atoms with Gasteiger partial charge in [-0.3, -0.25) is 4.79 Å². The van der Waals surface area contributed by atoms with Crippen molar-refractivity contribution in [2.75, 3.05) is 0 Å².